The van der Waals surface area contributed by atoms with E-state index in [1.165, 1.54) is 0 Å². The summed E-state index contributed by atoms with van der Waals surface area (Å²) < 4.78 is 16.8. The third-order valence-electron chi connectivity index (χ3n) is 4.10. The van der Waals surface area contributed by atoms with Crippen LogP contribution in [0.3, 0.4) is 0 Å². The van der Waals surface area contributed by atoms with Gasteiger partial charge in [0.2, 0.25) is 5.89 Å². The van der Waals surface area contributed by atoms with E-state index in [0.29, 0.717) is 24.1 Å². The maximum atomic E-state index is 5.93. The van der Waals surface area contributed by atoms with Crippen molar-refractivity contribution < 1.29 is 13.3 Å². The first-order valence-corrected chi connectivity index (χ1v) is 7.75. The molecule has 4 aromatic rings. The Morgan fingerprint density at radius 1 is 1.08 bits per heavy atom. The summed E-state index contributed by atoms with van der Waals surface area (Å²) in [6.07, 6.45) is 1.58. The molecule has 24 heavy (non-hydrogen) atoms. The summed E-state index contributed by atoms with van der Waals surface area (Å²) in [6.45, 7) is 2.60. The fourth-order valence-corrected chi connectivity index (χ4v) is 2.59. The van der Waals surface area contributed by atoms with E-state index in [1.54, 1.807) is 18.4 Å². The summed E-state index contributed by atoms with van der Waals surface area (Å²) in [5.74, 6) is 2.40. The van der Waals surface area contributed by atoms with Crippen molar-refractivity contribution in [2.75, 3.05) is 7.05 Å². The summed E-state index contributed by atoms with van der Waals surface area (Å²) in [7, 11) is 1.99. The van der Waals surface area contributed by atoms with Crippen LogP contribution >= 0.6 is 0 Å². The Hall–Kier alpha value is -2.86. The topological polar surface area (TPSA) is 68.4 Å². The van der Waals surface area contributed by atoms with Crippen molar-refractivity contribution in [2.24, 2.45) is 0 Å². The van der Waals surface area contributed by atoms with Crippen LogP contribution in [0.5, 0.6) is 0 Å². The van der Waals surface area contributed by atoms with E-state index in [2.05, 4.69) is 28.1 Å². The van der Waals surface area contributed by atoms with Crippen molar-refractivity contribution >= 4 is 11.0 Å². The van der Waals surface area contributed by atoms with Crippen molar-refractivity contribution in [3.05, 3.63) is 60.4 Å². The van der Waals surface area contributed by atoms with Crippen molar-refractivity contribution in [3.63, 3.8) is 0 Å². The molecule has 122 valence electrons. The molecule has 0 bridgehead atoms. The SMILES string of the molecule is C[C@@H](c1cc2ccccc2o1)N(C)Cc1nnc(-c2ccco2)o1. The largest absolute Gasteiger partial charge is 0.459 e. The standard InChI is InChI=1S/C18H17N3O3/c1-12(16-10-13-6-3-4-7-14(13)23-16)21(2)11-17-19-20-18(24-17)15-8-5-9-22-15/h3-10,12H,11H2,1-2H3/t12-/m0/s1. The Bertz CT molecular complexity index is 906. The second kappa shape index (κ2) is 5.98. The van der Waals surface area contributed by atoms with Crippen LogP contribution in [0.15, 0.2) is 62.0 Å². The number of nitrogens with zero attached hydrogens (tertiary/aromatic N) is 3. The molecule has 0 aliphatic heterocycles. The number of hydrogen-bond donors (Lipinski definition) is 0. The van der Waals surface area contributed by atoms with Crippen LogP contribution in [0.4, 0.5) is 0 Å². The zero-order valence-electron chi connectivity index (χ0n) is 13.5. The molecule has 1 aromatic carbocycles. The smallest absolute Gasteiger partial charge is 0.283 e. The van der Waals surface area contributed by atoms with E-state index < -0.39 is 0 Å². The molecule has 0 unspecified atom stereocenters. The van der Waals surface area contributed by atoms with Gasteiger partial charge in [0.25, 0.3) is 5.89 Å². The monoisotopic (exact) mass is 323 g/mol. The molecule has 1 atom stereocenters. The molecule has 3 aromatic heterocycles. The minimum absolute atomic E-state index is 0.0800. The molecule has 0 aliphatic rings. The second-order valence-electron chi connectivity index (χ2n) is 5.76. The van der Waals surface area contributed by atoms with Gasteiger partial charge in [-0.3, -0.25) is 4.90 Å². The number of benzene rings is 1. The second-order valence-corrected chi connectivity index (χ2v) is 5.76. The van der Waals surface area contributed by atoms with E-state index in [1.807, 2.05) is 31.3 Å². The first-order valence-electron chi connectivity index (χ1n) is 7.75. The average molecular weight is 323 g/mol. The summed E-state index contributed by atoms with van der Waals surface area (Å²) >= 11 is 0. The molecule has 0 amide bonds. The fraction of sp³-hybridized carbons (Fsp3) is 0.222. The van der Waals surface area contributed by atoms with E-state index in [-0.39, 0.29) is 6.04 Å². The van der Waals surface area contributed by atoms with Gasteiger partial charge in [-0.25, -0.2) is 0 Å². The van der Waals surface area contributed by atoms with Gasteiger partial charge in [-0.1, -0.05) is 18.2 Å². The molecule has 0 fully saturated rings. The lowest BCUT2D eigenvalue weighted by Crippen LogP contribution is -2.21. The Balaban J connectivity index is 1.50. The predicted molar refractivity (Wildman–Crippen MR) is 88.1 cm³/mol. The number of fused-ring (bicyclic) bond motifs is 1. The van der Waals surface area contributed by atoms with E-state index >= 15 is 0 Å². The molecule has 0 radical (unpaired) electrons. The van der Waals surface area contributed by atoms with Crippen LogP contribution in [0.1, 0.15) is 24.6 Å². The highest BCUT2D eigenvalue weighted by Gasteiger charge is 2.19. The zero-order chi connectivity index (χ0) is 16.5. The Kier molecular flexibility index (Phi) is 3.66. The van der Waals surface area contributed by atoms with Gasteiger partial charge in [-0.05, 0) is 38.2 Å². The zero-order valence-corrected chi connectivity index (χ0v) is 13.5. The van der Waals surface area contributed by atoms with Crippen molar-refractivity contribution in [1.29, 1.82) is 0 Å². The third kappa shape index (κ3) is 2.72. The van der Waals surface area contributed by atoms with Gasteiger partial charge in [-0.15, -0.1) is 10.2 Å². The van der Waals surface area contributed by atoms with Gasteiger partial charge in [0, 0.05) is 5.39 Å². The van der Waals surface area contributed by atoms with Crippen molar-refractivity contribution in [1.82, 2.24) is 15.1 Å². The lowest BCUT2D eigenvalue weighted by atomic mass is 10.2. The summed E-state index contributed by atoms with van der Waals surface area (Å²) in [5, 5.41) is 9.20. The van der Waals surface area contributed by atoms with Crippen LogP contribution in [0, 0.1) is 0 Å². The quantitative estimate of drug-likeness (QED) is 0.546. The van der Waals surface area contributed by atoms with Crippen LogP contribution < -0.4 is 0 Å². The molecule has 0 N–H and O–H groups in total. The maximum Gasteiger partial charge on any atom is 0.283 e. The molecule has 0 aliphatic carbocycles. The minimum atomic E-state index is 0.0800. The highest BCUT2D eigenvalue weighted by atomic mass is 16.4. The number of hydrogen-bond acceptors (Lipinski definition) is 6. The van der Waals surface area contributed by atoms with E-state index in [4.69, 9.17) is 13.3 Å². The molecule has 0 saturated heterocycles. The average Bonchev–Trinajstić information content (AvgIpc) is 3.32. The molecule has 3 heterocycles. The van der Waals surface area contributed by atoms with E-state index in [0.717, 1.165) is 16.7 Å². The van der Waals surface area contributed by atoms with Gasteiger partial charge in [0.05, 0.1) is 18.8 Å². The number of para-hydroxylation sites is 1. The van der Waals surface area contributed by atoms with Gasteiger partial charge in [-0.2, -0.15) is 0 Å². The molecule has 6 nitrogen and oxygen atoms in total. The molecular weight excluding hydrogens is 306 g/mol. The number of furan rings is 2. The molecule has 6 heteroatoms. The highest BCUT2D eigenvalue weighted by molar-refractivity contribution is 5.77. The molecule has 0 saturated carbocycles. The molecule has 4 rings (SSSR count). The lowest BCUT2D eigenvalue weighted by molar-refractivity contribution is 0.207. The first-order chi connectivity index (χ1) is 11.7. The van der Waals surface area contributed by atoms with E-state index in [9.17, 15) is 0 Å². The predicted octanol–water partition coefficient (Wildman–Crippen LogP) is 4.27. The number of rotatable bonds is 5. The van der Waals surface area contributed by atoms with Crippen LogP contribution in [0.2, 0.25) is 0 Å². The molecular formula is C18H17N3O3. The highest BCUT2D eigenvalue weighted by Crippen LogP contribution is 2.27. The third-order valence-corrected chi connectivity index (χ3v) is 4.10. The van der Waals surface area contributed by atoms with Crippen molar-refractivity contribution in [3.8, 4) is 11.7 Å². The fourth-order valence-electron chi connectivity index (χ4n) is 2.59. The number of aromatic nitrogens is 2. The normalized spacial score (nSPS) is 13.0. The van der Waals surface area contributed by atoms with Gasteiger partial charge in [0.1, 0.15) is 11.3 Å². The minimum Gasteiger partial charge on any atom is -0.459 e. The van der Waals surface area contributed by atoms with Gasteiger partial charge in [0.15, 0.2) is 5.76 Å². The van der Waals surface area contributed by atoms with Crippen LogP contribution in [-0.4, -0.2) is 22.1 Å². The maximum absolute atomic E-state index is 5.93. The Morgan fingerprint density at radius 3 is 2.75 bits per heavy atom. The summed E-state index contributed by atoms with van der Waals surface area (Å²) in [5.41, 5.74) is 0.894. The van der Waals surface area contributed by atoms with Crippen molar-refractivity contribution in [2.45, 2.75) is 19.5 Å². The summed E-state index contributed by atoms with van der Waals surface area (Å²) in [4.78, 5) is 2.09. The first kappa shape index (κ1) is 14.7. The summed E-state index contributed by atoms with van der Waals surface area (Å²) in [6, 6.07) is 13.7. The van der Waals surface area contributed by atoms with Gasteiger partial charge < -0.3 is 13.3 Å². The lowest BCUT2D eigenvalue weighted by Gasteiger charge is -2.20. The van der Waals surface area contributed by atoms with Crippen LogP contribution in [-0.2, 0) is 6.54 Å². The molecule has 0 spiro atoms. The van der Waals surface area contributed by atoms with Gasteiger partial charge >= 0.3 is 0 Å². The van der Waals surface area contributed by atoms with Crippen LogP contribution in [0.25, 0.3) is 22.6 Å². The Morgan fingerprint density at radius 2 is 1.96 bits per heavy atom. The Labute approximate surface area is 138 Å².